The van der Waals surface area contributed by atoms with E-state index in [1.165, 1.54) is 5.39 Å². The lowest BCUT2D eigenvalue weighted by Gasteiger charge is -2.23. The molecule has 2 nitrogen and oxygen atoms in total. The number of hydrogen-bond donors (Lipinski definition) is 0. The maximum atomic E-state index is 5.66. The van der Waals surface area contributed by atoms with Gasteiger partial charge in [-0.2, -0.15) is 0 Å². The van der Waals surface area contributed by atoms with Crippen LogP contribution in [0.4, 0.5) is 0 Å². The van der Waals surface area contributed by atoms with Gasteiger partial charge in [0.25, 0.3) is 0 Å². The van der Waals surface area contributed by atoms with E-state index < -0.39 is 0 Å². The number of fused-ring (bicyclic) bond motifs is 1. The minimum absolute atomic E-state index is 0.0401. The first-order chi connectivity index (χ1) is 7.93. The Balaban J connectivity index is 1.97. The molecule has 3 rings (SSSR count). The van der Waals surface area contributed by atoms with Gasteiger partial charge in [-0.25, -0.2) is 0 Å². The highest BCUT2D eigenvalue weighted by Gasteiger charge is 2.16. The predicted octanol–water partition coefficient (Wildman–Crippen LogP) is 2.73. The summed E-state index contributed by atoms with van der Waals surface area (Å²) in [5.41, 5.74) is 1.08. The van der Waals surface area contributed by atoms with Gasteiger partial charge in [0.15, 0.2) is 0 Å². The van der Waals surface area contributed by atoms with Crippen LogP contribution in [0, 0.1) is 6.07 Å². The lowest BCUT2D eigenvalue weighted by Crippen LogP contribution is -2.21. The van der Waals surface area contributed by atoms with E-state index in [1.807, 2.05) is 12.1 Å². The van der Waals surface area contributed by atoms with Gasteiger partial charge in [-0.1, -0.05) is 36.4 Å². The molecule has 1 heterocycles. The van der Waals surface area contributed by atoms with Crippen LogP contribution in [0.1, 0.15) is 11.7 Å². The maximum Gasteiger partial charge on any atom is 0.107 e. The van der Waals surface area contributed by atoms with Crippen molar-refractivity contribution in [1.82, 2.24) is 0 Å². The van der Waals surface area contributed by atoms with Crippen LogP contribution in [-0.2, 0) is 9.47 Å². The molecule has 1 aliphatic rings. The molecule has 16 heavy (non-hydrogen) atoms. The van der Waals surface area contributed by atoms with Crippen molar-refractivity contribution in [3.8, 4) is 0 Å². The molecule has 1 saturated heterocycles. The van der Waals surface area contributed by atoms with Crippen LogP contribution in [0.15, 0.2) is 36.4 Å². The fourth-order valence-corrected chi connectivity index (χ4v) is 1.99. The van der Waals surface area contributed by atoms with E-state index in [4.69, 9.17) is 9.47 Å². The monoisotopic (exact) mass is 213 g/mol. The van der Waals surface area contributed by atoms with Crippen LogP contribution >= 0.6 is 0 Å². The Morgan fingerprint density at radius 1 is 1.06 bits per heavy atom. The number of rotatable bonds is 1. The minimum atomic E-state index is 0.0401. The van der Waals surface area contributed by atoms with Gasteiger partial charge in [-0.3, -0.25) is 0 Å². The molecule has 1 fully saturated rings. The Morgan fingerprint density at radius 2 is 2.00 bits per heavy atom. The lowest BCUT2D eigenvalue weighted by atomic mass is 10.0. The van der Waals surface area contributed by atoms with Crippen molar-refractivity contribution < 1.29 is 9.47 Å². The average molecular weight is 213 g/mol. The first-order valence-corrected chi connectivity index (χ1v) is 5.54. The van der Waals surface area contributed by atoms with Crippen LogP contribution in [0.5, 0.6) is 0 Å². The molecule has 0 aromatic heterocycles. The molecule has 1 atom stereocenters. The van der Waals surface area contributed by atoms with Crippen molar-refractivity contribution in [3.05, 3.63) is 48.0 Å². The lowest BCUT2D eigenvalue weighted by molar-refractivity contribution is -0.0901. The van der Waals surface area contributed by atoms with Crippen molar-refractivity contribution >= 4 is 10.8 Å². The van der Waals surface area contributed by atoms with Crippen LogP contribution in [0.3, 0.4) is 0 Å². The first kappa shape index (κ1) is 9.82. The maximum absolute atomic E-state index is 5.66. The summed E-state index contributed by atoms with van der Waals surface area (Å²) in [6, 6.07) is 15.8. The Labute approximate surface area is 94.8 Å². The van der Waals surface area contributed by atoms with Crippen molar-refractivity contribution in [3.63, 3.8) is 0 Å². The molecule has 2 aromatic carbocycles. The predicted molar refractivity (Wildman–Crippen MR) is 62.3 cm³/mol. The zero-order chi connectivity index (χ0) is 10.8. The molecule has 81 valence electrons. The fourth-order valence-electron chi connectivity index (χ4n) is 1.99. The third-order valence-electron chi connectivity index (χ3n) is 2.85. The summed E-state index contributed by atoms with van der Waals surface area (Å²) >= 11 is 0. The topological polar surface area (TPSA) is 18.5 Å². The van der Waals surface area contributed by atoms with Crippen LogP contribution in [-0.4, -0.2) is 19.8 Å². The Kier molecular flexibility index (Phi) is 2.60. The average Bonchev–Trinajstić information content (AvgIpc) is 2.39. The molecule has 0 aliphatic carbocycles. The van der Waals surface area contributed by atoms with E-state index in [-0.39, 0.29) is 6.10 Å². The standard InChI is InChI=1S/C14H13O2/c1-2-4-12-9-13(6-5-11(12)3-1)14-10-15-7-8-16-14/h1-6,14H,7-8,10H2. The summed E-state index contributed by atoms with van der Waals surface area (Å²) in [5, 5.41) is 2.34. The summed E-state index contributed by atoms with van der Waals surface area (Å²) in [6.07, 6.45) is 0.0401. The SMILES string of the molecule is [c]1c(C2COCCO2)ccc2ccccc12. The highest BCUT2D eigenvalue weighted by molar-refractivity contribution is 5.82. The molecular weight excluding hydrogens is 200 g/mol. The third kappa shape index (κ3) is 1.82. The second-order valence-electron chi connectivity index (χ2n) is 3.94. The van der Waals surface area contributed by atoms with Crippen LogP contribution < -0.4 is 0 Å². The van der Waals surface area contributed by atoms with Crippen molar-refractivity contribution in [2.24, 2.45) is 0 Å². The Bertz CT molecular complexity index is 487. The van der Waals surface area contributed by atoms with Gasteiger partial charge in [-0.15, -0.1) is 0 Å². The normalized spacial score (nSPS) is 21.1. The molecule has 1 radical (unpaired) electrons. The second kappa shape index (κ2) is 4.24. The highest BCUT2D eigenvalue weighted by Crippen LogP contribution is 2.23. The molecule has 0 saturated carbocycles. The smallest absolute Gasteiger partial charge is 0.107 e. The number of ether oxygens (including phenoxy) is 2. The summed E-state index contributed by atoms with van der Waals surface area (Å²) in [6.45, 7) is 2.00. The molecule has 1 unspecified atom stereocenters. The van der Waals surface area contributed by atoms with Crippen molar-refractivity contribution in [2.75, 3.05) is 19.8 Å². The summed E-state index contributed by atoms with van der Waals surface area (Å²) in [5.74, 6) is 0. The zero-order valence-corrected chi connectivity index (χ0v) is 8.98. The molecule has 2 aromatic rings. The third-order valence-corrected chi connectivity index (χ3v) is 2.85. The Morgan fingerprint density at radius 3 is 2.88 bits per heavy atom. The van der Waals surface area contributed by atoms with Gasteiger partial charge >= 0.3 is 0 Å². The summed E-state index contributed by atoms with van der Waals surface area (Å²) < 4.78 is 11.1. The number of hydrogen-bond acceptors (Lipinski definition) is 2. The molecule has 2 heteroatoms. The minimum Gasteiger partial charge on any atom is -0.376 e. The van der Waals surface area contributed by atoms with Crippen LogP contribution in [0.2, 0.25) is 0 Å². The molecule has 0 spiro atoms. The molecule has 0 amide bonds. The second-order valence-corrected chi connectivity index (χ2v) is 3.94. The summed E-state index contributed by atoms with van der Waals surface area (Å²) in [7, 11) is 0. The summed E-state index contributed by atoms with van der Waals surface area (Å²) in [4.78, 5) is 0. The largest absolute Gasteiger partial charge is 0.376 e. The van der Waals surface area contributed by atoms with E-state index >= 15 is 0 Å². The number of benzene rings is 2. The first-order valence-electron chi connectivity index (χ1n) is 5.54. The highest BCUT2D eigenvalue weighted by atomic mass is 16.6. The van der Waals surface area contributed by atoms with Gasteiger partial charge < -0.3 is 9.47 Å². The van der Waals surface area contributed by atoms with E-state index in [2.05, 4.69) is 30.3 Å². The van der Waals surface area contributed by atoms with Gasteiger partial charge in [-0.05, 0) is 22.4 Å². The van der Waals surface area contributed by atoms with Gasteiger partial charge in [0.05, 0.1) is 19.8 Å². The van der Waals surface area contributed by atoms with E-state index in [1.54, 1.807) is 0 Å². The Hall–Kier alpha value is -1.38. The van der Waals surface area contributed by atoms with Crippen molar-refractivity contribution in [2.45, 2.75) is 6.10 Å². The zero-order valence-electron chi connectivity index (χ0n) is 8.98. The molecule has 1 aliphatic heterocycles. The molecule has 0 bridgehead atoms. The van der Waals surface area contributed by atoms with Crippen LogP contribution in [0.25, 0.3) is 10.8 Å². The molecule has 0 N–H and O–H groups in total. The quantitative estimate of drug-likeness (QED) is 0.725. The van der Waals surface area contributed by atoms with E-state index in [0.29, 0.717) is 19.8 Å². The van der Waals surface area contributed by atoms with Gasteiger partial charge in [0.1, 0.15) is 6.10 Å². The van der Waals surface area contributed by atoms with Gasteiger partial charge in [0.2, 0.25) is 0 Å². The van der Waals surface area contributed by atoms with Crippen molar-refractivity contribution in [1.29, 1.82) is 0 Å². The fraction of sp³-hybridized carbons (Fsp3) is 0.286. The molecular formula is C14H13O2. The van der Waals surface area contributed by atoms with Gasteiger partial charge in [0, 0.05) is 0 Å². The van der Waals surface area contributed by atoms with E-state index in [0.717, 1.165) is 10.9 Å². The van der Waals surface area contributed by atoms with E-state index in [9.17, 15) is 0 Å².